The number of anilines is 1. The predicted octanol–water partition coefficient (Wildman–Crippen LogP) is 3.41. The Bertz CT molecular complexity index is 809. The van der Waals surface area contributed by atoms with Gasteiger partial charge in [0.05, 0.1) is 6.54 Å². The standard InChI is InChI=1S/C20H22FN3O2/c1-2-22-19(25)15-8-5-9-17(13-15)24-12-6-11-23(20(24)26)14-16-7-3-4-10-18(16)21/h3-5,7-10,13H,2,6,11-12,14H2,1H3,(H,22,25). The number of nitrogens with zero attached hydrogens (tertiary/aromatic N) is 2. The molecule has 6 heteroatoms. The molecule has 0 aromatic heterocycles. The van der Waals surface area contributed by atoms with Gasteiger partial charge in [0, 0.05) is 36.4 Å². The molecule has 2 aromatic rings. The third-order valence-electron chi connectivity index (χ3n) is 4.39. The maximum atomic E-state index is 13.9. The van der Waals surface area contributed by atoms with Crippen LogP contribution in [0.15, 0.2) is 48.5 Å². The van der Waals surface area contributed by atoms with Crippen LogP contribution in [0.5, 0.6) is 0 Å². The van der Waals surface area contributed by atoms with Gasteiger partial charge in [-0.25, -0.2) is 9.18 Å². The highest BCUT2D eigenvalue weighted by Crippen LogP contribution is 2.23. The minimum Gasteiger partial charge on any atom is -0.352 e. The van der Waals surface area contributed by atoms with Crippen molar-refractivity contribution in [1.82, 2.24) is 10.2 Å². The molecule has 2 aromatic carbocycles. The first-order valence-electron chi connectivity index (χ1n) is 8.78. The number of urea groups is 1. The maximum absolute atomic E-state index is 13.9. The average molecular weight is 355 g/mol. The van der Waals surface area contributed by atoms with Gasteiger partial charge in [0.25, 0.3) is 5.91 Å². The summed E-state index contributed by atoms with van der Waals surface area (Å²) in [4.78, 5) is 28.2. The fraction of sp³-hybridized carbons (Fsp3) is 0.300. The van der Waals surface area contributed by atoms with Crippen molar-refractivity contribution in [1.29, 1.82) is 0 Å². The molecule has 1 heterocycles. The average Bonchev–Trinajstić information content (AvgIpc) is 2.65. The van der Waals surface area contributed by atoms with Crippen LogP contribution < -0.4 is 10.2 Å². The Balaban J connectivity index is 1.78. The van der Waals surface area contributed by atoms with Gasteiger partial charge in [-0.15, -0.1) is 0 Å². The monoisotopic (exact) mass is 355 g/mol. The normalized spacial score (nSPS) is 14.5. The van der Waals surface area contributed by atoms with E-state index in [0.29, 0.717) is 36.4 Å². The molecule has 0 bridgehead atoms. The Morgan fingerprint density at radius 1 is 1.15 bits per heavy atom. The molecule has 3 amide bonds. The van der Waals surface area contributed by atoms with Gasteiger partial charge in [0.15, 0.2) is 0 Å². The third kappa shape index (κ3) is 3.85. The van der Waals surface area contributed by atoms with E-state index in [2.05, 4.69) is 5.32 Å². The SMILES string of the molecule is CCNC(=O)c1cccc(N2CCCN(Cc3ccccc3F)C2=O)c1. The van der Waals surface area contributed by atoms with Crippen LogP contribution in [0.25, 0.3) is 0 Å². The summed E-state index contributed by atoms with van der Waals surface area (Å²) in [5.74, 6) is -0.474. The second-order valence-electron chi connectivity index (χ2n) is 6.21. The van der Waals surface area contributed by atoms with Crippen LogP contribution in [0.2, 0.25) is 0 Å². The molecule has 5 nitrogen and oxygen atoms in total. The number of rotatable bonds is 5. The molecule has 136 valence electrons. The molecule has 0 unspecified atom stereocenters. The van der Waals surface area contributed by atoms with Crippen LogP contribution in [-0.2, 0) is 6.54 Å². The molecule has 0 aliphatic carbocycles. The number of hydrogen-bond donors (Lipinski definition) is 1. The largest absolute Gasteiger partial charge is 0.352 e. The lowest BCUT2D eigenvalue weighted by Gasteiger charge is -2.36. The van der Waals surface area contributed by atoms with Gasteiger partial charge in [-0.1, -0.05) is 24.3 Å². The Kier molecular flexibility index (Phi) is 5.51. The van der Waals surface area contributed by atoms with Gasteiger partial charge in [0.2, 0.25) is 0 Å². The molecule has 0 radical (unpaired) electrons. The molecule has 1 aliphatic rings. The first-order valence-corrected chi connectivity index (χ1v) is 8.78. The highest BCUT2D eigenvalue weighted by atomic mass is 19.1. The molecule has 1 fully saturated rings. The fourth-order valence-electron chi connectivity index (χ4n) is 3.08. The van der Waals surface area contributed by atoms with Crippen molar-refractivity contribution in [3.8, 4) is 0 Å². The Hall–Kier alpha value is -2.89. The zero-order chi connectivity index (χ0) is 18.5. The predicted molar refractivity (Wildman–Crippen MR) is 98.6 cm³/mol. The summed E-state index contributed by atoms with van der Waals surface area (Å²) in [5.41, 5.74) is 1.69. The van der Waals surface area contributed by atoms with E-state index in [1.54, 1.807) is 46.2 Å². The minimum atomic E-state index is -0.310. The van der Waals surface area contributed by atoms with Crippen molar-refractivity contribution in [3.05, 3.63) is 65.5 Å². The summed E-state index contributed by atoms with van der Waals surface area (Å²) in [7, 11) is 0. The van der Waals surface area contributed by atoms with E-state index in [0.717, 1.165) is 6.42 Å². The highest BCUT2D eigenvalue weighted by molar-refractivity contribution is 5.97. The molecular formula is C20H22FN3O2. The van der Waals surface area contributed by atoms with Gasteiger partial charge in [-0.05, 0) is 37.6 Å². The topological polar surface area (TPSA) is 52.7 Å². The summed E-state index contributed by atoms with van der Waals surface area (Å²) < 4.78 is 13.9. The van der Waals surface area contributed by atoms with E-state index in [1.807, 2.05) is 13.0 Å². The van der Waals surface area contributed by atoms with Crippen molar-refractivity contribution in [3.63, 3.8) is 0 Å². The van der Waals surface area contributed by atoms with E-state index in [4.69, 9.17) is 0 Å². The van der Waals surface area contributed by atoms with Crippen molar-refractivity contribution in [2.75, 3.05) is 24.5 Å². The van der Waals surface area contributed by atoms with E-state index in [9.17, 15) is 14.0 Å². The second kappa shape index (κ2) is 7.99. The highest BCUT2D eigenvalue weighted by Gasteiger charge is 2.27. The maximum Gasteiger partial charge on any atom is 0.324 e. The van der Waals surface area contributed by atoms with Gasteiger partial charge >= 0.3 is 6.03 Å². The Labute approximate surface area is 152 Å². The number of halogens is 1. The number of carbonyl (C=O) groups is 2. The molecule has 1 saturated heterocycles. The minimum absolute atomic E-state index is 0.165. The third-order valence-corrected chi connectivity index (χ3v) is 4.39. The van der Waals surface area contributed by atoms with Gasteiger partial charge in [-0.2, -0.15) is 0 Å². The zero-order valence-electron chi connectivity index (χ0n) is 14.7. The summed E-state index contributed by atoms with van der Waals surface area (Å²) in [6, 6.07) is 13.3. The smallest absolute Gasteiger partial charge is 0.324 e. The lowest BCUT2D eigenvalue weighted by atomic mass is 10.1. The quantitative estimate of drug-likeness (QED) is 0.894. The molecule has 3 rings (SSSR count). The lowest BCUT2D eigenvalue weighted by Crippen LogP contribution is -2.49. The first kappa shape index (κ1) is 17.9. The van der Waals surface area contributed by atoms with Crippen molar-refractivity contribution >= 4 is 17.6 Å². The molecule has 0 spiro atoms. The van der Waals surface area contributed by atoms with Crippen LogP contribution in [-0.4, -0.2) is 36.5 Å². The van der Waals surface area contributed by atoms with Gasteiger partial charge in [-0.3, -0.25) is 9.69 Å². The fourth-order valence-corrected chi connectivity index (χ4v) is 3.08. The van der Waals surface area contributed by atoms with Crippen molar-refractivity contribution in [2.24, 2.45) is 0 Å². The van der Waals surface area contributed by atoms with E-state index < -0.39 is 0 Å². The molecule has 1 aliphatic heterocycles. The summed E-state index contributed by atoms with van der Waals surface area (Å²) in [5, 5.41) is 2.76. The van der Waals surface area contributed by atoms with Crippen LogP contribution in [0.3, 0.4) is 0 Å². The lowest BCUT2D eigenvalue weighted by molar-refractivity contribution is 0.0955. The van der Waals surface area contributed by atoms with Crippen LogP contribution >= 0.6 is 0 Å². The van der Waals surface area contributed by atoms with Crippen LogP contribution in [0.4, 0.5) is 14.9 Å². The summed E-state index contributed by atoms with van der Waals surface area (Å²) >= 11 is 0. The second-order valence-corrected chi connectivity index (χ2v) is 6.21. The van der Waals surface area contributed by atoms with Gasteiger partial charge in [0.1, 0.15) is 5.82 Å². The molecular weight excluding hydrogens is 333 g/mol. The molecule has 26 heavy (non-hydrogen) atoms. The first-order chi connectivity index (χ1) is 12.6. The van der Waals surface area contributed by atoms with Crippen molar-refractivity contribution in [2.45, 2.75) is 19.9 Å². The van der Waals surface area contributed by atoms with Crippen LogP contribution in [0.1, 0.15) is 29.3 Å². The molecule has 1 N–H and O–H groups in total. The Morgan fingerprint density at radius 3 is 2.73 bits per heavy atom. The zero-order valence-corrected chi connectivity index (χ0v) is 14.7. The summed E-state index contributed by atoms with van der Waals surface area (Å²) in [6.07, 6.45) is 0.783. The van der Waals surface area contributed by atoms with E-state index in [-0.39, 0.29) is 24.3 Å². The van der Waals surface area contributed by atoms with Crippen LogP contribution in [0, 0.1) is 5.82 Å². The number of nitrogens with one attached hydrogen (secondary N) is 1. The number of hydrogen-bond acceptors (Lipinski definition) is 2. The van der Waals surface area contributed by atoms with Gasteiger partial charge < -0.3 is 10.2 Å². The number of carbonyl (C=O) groups excluding carboxylic acids is 2. The molecule has 0 atom stereocenters. The van der Waals surface area contributed by atoms with Crippen molar-refractivity contribution < 1.29 is 14.0 Å². The van der Waals surface area contributed by atoms with E-state index in [1.165, 1.54) is 6.07 Å². The number of amides is 3. The Morgan fingerprint density at radius 2 is 1.96 bits per heavy atom. The molecule has 0 saturated carbocycles. The van der Waals surface area contributed by atoms with E-state index >= 15 is 0 Å². The summed E-state index contributed by atoms with van der Waals surface area (Å²) in [6.45, 7) is 3.79. The number of benzene rings is 2.